The molecule has 1 aromatic carbocycles. The fraction of sp³-hybridized carbons (Fsp3) is 0.647. The number of aryl methyl sites for hydroxylation is 3. The van der Waals surface area contributed by atoms with Gasteiger partial charge in [-0.05, 0) is 58.7 Å². The molecule has 0 amide bonds. The van der Waals surface area contributed by atoms with Crippen molar-refractivity contribution in [3.8, 4) is 5.75 Å². The predicted octanol–water partition coefficient (Wildman–Crippen LogP) is 3.40. The first-order chi connectivity index (χ1) is 9.50. The Bertz CT molecular complexity index is 379. The molecule has 0 aliphatic rings. The molecule has 0 unspecified atom stereocenters. The fourth-order valence-electron chi connectivity index (χ4n) is 2.26. The molecule has 114 valence electrons. The van der Waals surface area contributed by atoms with E-state index in [0.29, 0.717) is 12.7 Å². The third kappa shape index (κ3) is 6.40. The third-order valence-corrected chi connectivity index (χ3v) is 3.08. The van der Waals surface area contributed by atoms with Gasteiger partial charge in [0.05, 0.1) is 6.10 Å². The van der Waals surface area contributed by atoms with Gasteiger partial charge in [-0.15, -0.1) is 0 Å². The van der Waals surface area contributed by atoms with Crippen LogP contribution in [0, 0.1) is 20.8 Å². The first-order valence-electron chi connectivity index (χ1n) is 7.53. The van der Waals surface area contributed by atoms with Crippen LogP contribution >= 0.6 is 0 Å². The predicted molar refractivity (Wildman–Crippen MR) is 84.7 cm³/mol. The molecule has 3 nitrogen and oxygen atoms in total. The number of hydrogen-bond acceptors (Lipinski definition) is 3. The van der Waals surface area contributed by atoms with Crippen molar-refractivity contribution < 1.29 is 9.47 Å². The number of hydrogen-bond donors (Lipinski definition) is 1. The molecule has 1 aromatic rings. The molecule has 0 fully saturated rings. The summed E-state index contributed by atoms with van der Waals surface area (Å²) in [5.41, 5.74) is 3.72. The minimum atomic E-state index is 0.325. The van der Waals surface area contributed by atoms with Gasteiger partial charge in [0.2, 0.25) is 0 Å². The average Bonchev–Trinajstić information content (AvgIpc) is 2.34. The van der Waals surface area contributed by atoms with E-state index in [2.05, 4.69) is 52.1 Å². The van der Waals surface area contributed by atoms with E-state index < -0.39 is 0 Å². The second-order valence-electron chi connectivity index (χ2n) is 5.60. The Balaban J connectivity index is 2.16. The summed E-state index contributed by atoms with van der Waals surface area (Å²) in [5.74, 6) is 1.03. The maximum Gasteiger partial charge on any atom is 0.125 e. The van der Waals surface area contributed by atoms with Gasteiger partial charge in [0.25, 0.3) is 0 Å². The first kappa shape index (κ1) is 17.0. The Morgan fingerprint density at radius 2 is 1.65 bits per heavy atom. The SMILES string of the molecule is Cc1cc(C)c(OCCNCCCOC(C)C)c(C)c1. The van der Waals surface area contributed by atoms with Crippen LogP contribution in [0.1, 0.15) is 37.0 Å². The number of ether oxygens (including phenoxy) is 2. The summed E-state index contributed by atoms with van der Waals surface area (Å²) >= 11 is 0. The van der Waals surface area contributed by atoms with Crippen LogP contribution < -0.4 is 10.1 Å². The molecule has 0 radical (unpaired) electrons. The van der Waals surface area contributed by atoms with Crippen molar-refractivity contribution in [2.75, 3.05) is 26.3 Å². The van der Waals surface area contributed by atoms with Gasteiger partial charge < -0.3 is 14.8 Å². The average molecular weight is 279 g/mol. The lowest BCUT2D eigenvalue weighted by Crippen LogP contribution is -2.23. The van der Waals surface area contributed by atoms with Gasteiger partial charge in [-0.1, -0.05) is 17.7 Å². The Kier molecular flexibility index (Phi) is 7.63. The number of nitrogens with one attached hydrogen (secondary N) is 1. The van der Waals surface area contributed by atoms with Crippen LogP contribution in [0.2, 0.25) is 0 Å². The van der Waals surface area contributed by atoms with Gasteiger partial charge in [0, 0.05) is 13.2 Å². The van der Waals surface area contributed by atoms with Crippen molar-refractivity contribution in [2.45, 2.75) is 47.1 Å². The van der Waals surface area contributed by atoms with E-state index in [1.54, 1.807) is 0 Å². The van der Waals surface area contributed by atoms with Gasteiger partial charge >= 0.3 is 0 Å². The van der Waals surface area contributed by atoms with Gasteiger partial charge in [-0.3, -0.25) is 0 Å². The quantitative estimate of drug-likeness (QED) is 0.703. The van der Waals surface area contributed by atoms with Gasteiger partial charge in [0.1, 0.15) is 12.4 Å². The van der Waals surface area contributed by atoms with Gasteiger partial charge in [-0.2, -0.15) is 0 Å². The Morgan fingerprint density at radius 3 is 2.25 bits per heavy atom. The molecule has 0 aliphatic carbocycles. The van der Waals surface area contributed by atoms with Crippen molar-refractivity contribution in [3.63, 3.8) is 0 Å². The van der Waals surface area contributed by atoms with Gasteiger partial charge in [0.15, 0.2) is 0 Å². The summed E-state index contributed by atoms with van der Waals surface area (Å²) in [6, 6.07) is 4.33. The lowest BCUT2D eigenvalue weighted by Gasteiger charge is -2.13. The maximum absolute atomic E-state index is 5.87. The van der Waals surface area contributed by atoms with Crippen molar-refractivity contribution in [2.24, 2.45) is 0 Å². The lowest BCUT2D eigenvalue weighted by molar-refractivity contribution is 0.0770. The highest BCUT2D eigenvalue weighted by Crippen LogP contribution is 2.24. The monoisotopic (exact) mass is 279 g/mol. The van der Waals surface area contributed by atoms with E-state index in [1.165, 1.54) is 16.7 Å². The van der Waals surface area contributed by atoms with E-state index in [4.69, 9.17) is 9.47 Å². The lowest BCUT2D eigenvalue weighted by atomic mass is 10.1. The molecular formula is C17H29NO2. The summed E-state index contributed by atoms with van der Waals surface area (Å²) in [7, 11) is 0. The molecule has 0 saturated heterocycles. The van der Waals surface area contributed by atoms with Crippen LogP contribution in [-0.2, 0) is 4.74 Å². The molecule has 0 aromatic heterocycles. The van der Waals surface area contributed by atoms with Crippen molar-refractivity contribution in [1.82, 2.24) is 5.32 Å². The minimum absolute atomic E-state index is 0.325. The van der Waals surface area contributed by atoms with Crippen LogP contribution in [0.4, 0.5) is 0 Å². The Hall–Kier alpha value is -1.06. The van der Waals surface area contributed by atoms with Crippen molar-refractivity contribution in [3.05, 3.63) is 28.8 Å². The second-order valence-corrected chi connectivity index (χ2v) is 5.60. The first-order valence-corrected chi connectivity index (χ1v) is 7.53. The van der Waals surface area contributed by atoms with E-state index >= 15 is 0 Å². The van der Waals surface area contributed by atoms with Crippen molar-refractivity contribution >= 4 is 0 Å². The van der Waals surface area contributed by atoms with Crippen LogP contribution in [0.5, 0.6) is 5.75 Å². The Labute approximate surface area is 123 Å². The zero-order valence-electron chi connectivity index (χ0n) is 13.6. The summed E-state index contributed by atoms with van der Waals surface area (Å²) in [5, 5.41) is 3.37. The molecular weight excluding hydrogens is 250 g/mol. The van der Waals surface area contributed by atoms with Crippen molar-refractivity contribution in [1.29, 1.82) is 0 Å². The molecule has 1 N–H and O–H groups in total. The molecule has 20 heavy (non-hydrogen) atoms. The zero-order chi connectivity index (χ0) is 15.0. The molecule has 0 heterocycles. The topological polar surface area (TPSA) is 30.5 Å². The van der Waals surface area contributed by atoms with E-state index in [-0.39, 0.29) is 0 Å². The molecule has 0 bridgehead atoms. The summed E-state index contributed by atoms with van der Waals surface area (Å²) in [6.07, 6.45) is 1.37. The molecule has 0 atom stereocenters. The highest BCUT2D eigenvalue weighted by Gasteiger charge is 2.04. The molecule has 0 spiro atoms. The summed E-state index contributed by atoms with van der Waals surface area (Å²) in [6.45, 7) is 13.8. The molecule has 1 rings (SSSR count). The zero-order valence-corrected chi connectivity index (χ0v) is 13.6. The van der Waals surface area contributed by atoms with Crippen LogP contribution in [0.3, 0.4) is 0 Å². The van der Waals surface area contributed by atoms with Crippen LogP contribution in [0.25, 0.3) is 0 Å². The van der Waals surface area contributed by atoms with E-state index in [9.17, 15) is 0 Å². The standard InChI is InChI=1S/C17H29NO2/c1-13(2)19-9-6-7-18-8-10-20-17-15(4)11-14(3)12-16(17)5/h11-13,18H,6-10H2,1-5H3. The number of rotatable bonds is 9. The largest absolute Gasteiger partial charge is 0.492 e. The minimum Gasteiger partial charge on any atom is -0.492 e. The van der Waals surface area contributed by atoms with Crippen LogP contribution in [-0.4, -0.2) is 32.4 Å². The third-order valence-electron chi connectivity index (χ3n) is 3.08. The van der Waals surface area contributed by atoms with E-state index in [1.807, 2.05) is 0 Å². The fourth-order valence-corrected chi connectivity index (χ4v) is 2.26. The highest BCUT2D eigenvalue weighted by molar-refractivity contribution is 5.42. The molecule has 3 heteroatoms. The normalized spacial score (nSPS) is 11.1. The highest BCUT2D eigenvalue weighted by atomic mass is 16.5. The van der Waals surface area contributed by atoms with Gasteiger partial charge in [-0.25, -0.2) is 0 Å². The Morgan fingerprint density at radius 1 is 1.00 bits per heavy atom. The summed E-state index contributed by atoms with van der Waals surface area (Å²) < 4.78 is 11.4. The maximum atomic E-state index is 5.87. The van der Waals surface area contributed by atoms with Crippen LogP contribution in [0.15, 0.2) is 12.1 Å². The number of benzene rings is 1. The smallest absolute Gasteiger partial charge is 0.125 e. The summed E-state index contributed by atoms with van der Waals surface area (Å²) in [4.78, 5) is 0. The van der Waals surface area contributed by atoms with E-state index in [0.717, 1.165) is 31.9 Å². The molecule has 0 saturated carbocycles. The molecule has 0 aliphatic heterocycles. The second kappa shape index (κ2) is 8.98.